The number of halogens is 1. The SMILES string of the molecule is CCNC(=NCC(C(C)C)N1CCOCC1)NCCNC(=O)CC1CCCC1.I. The number of rotatable bonds is 10. The summed E-state index contributed by atoms with van der Waals surface area (Å²) in [5.74, 6) is 2.15. The molecule has 1 saturated heterocycles. The van der Waals surface area contributed by atoms with Gasteiger partial charge in [0, 0.05) is 45.2 Å². The minimum Gasteiger partial charge on any atom is -0.379 e. The molecule has 1 atom stereocenters. The van der Waals surface area contributed by atoms with Crippen molar-refractivity contribution in [3.8, 4) is 0 Å². The van der Waals surface area contributed by atoms with Gasteiger partial charge in [0.05, 0.1) is 19.8 Å². The number of carbonyl (C=O) groups excluding carboxylic acids is 1. The van der Waals surface area contributed by atoms with Crippen LogP contribution in [-0.4, -0.2) is 75.3 Å². The highest BCUT2D eigenvalue weighted by molar-refractivity contribution is 14.0. The fraction of sp³-hybridized carbons (Fsp3) is 0.905. The van der Waals surface area contributed by atoms with Gasteiger partial charge in [-0.05, 0) is 31.6 Å². The molecule has 0 radical (unpaired) electrons. The Labute approximate surface area is 194 Å². The van der Waals surface area contributed by atoms with E-state index in [0.29, 0.717) is 37.4 Å². The van der Waals surface area contributed by atoms with Gasteiger partial charge in [-0.1, -0.05) is 26.7 Å². The van der Waals surface area contributed by atoms with Crippen LogP contribution in [0.25, 0.3) is 0 Å². The van der Waals surface area contributed by atoms with Crippen LogP contribution in [0.2, 0.25) is 0 Å². The van der Waals surface area contributed by atoms with Gasteiger partial charge in [0.2, 0.25) is 5.91 Å². The van der Waals surface area contributed by atoms with Crippen molar-refractivity contribution in [1.29, 1.82) is 0 Å². The molecule has 2 aliphatic rings. The summed E-state index contributed by atoms with van der Waals surface area (Å²) in [5, 5.41) is 9.69. The molecule has 2 rings (SSSR count). The van der Waals surface area contributed by atoms with E-state index < -0.39 is 0 Å². The summed E-state index contributed by atoms with van der Waals surface area (Å²) in [7, 11) is 0. The second kappa shape index (κ2) is 15.2. The van der Waals surface area contributed by atoms with Gasteiger partial charge in [0.15, 0.2) is 5.96 Å². The second-order valence-electron chi connectivity index (χ2n) is 8.31. The summed E-state index contributed by atoms with van der Waals surface area (Å²) in [5.41, 5.74) is 0. The van der Waals surface area contributed by atoms with E-state index in [2.05, 4.69) is 41.6 Å². The Morgan fingerprint density at radius 2 is 1.76 bits per heavy atom. The molecule has 0 bridgehead atoms. The van der Waals surface area contributed by atoms with Crippen molar-refractivity contribution in [2.24, 2.45) is 16.8 Å². The maximum Gasteiger partial charge on any atom is 0.220 e. The molecular weight excluding hydrogens is 481 g/mol. The fourth-order valence-corrected chi connectivity index (χ4v) is 4.12. The van der Waals surface area contributed by atoms with Crippen molar-refractivity contribution in [3.05, 3.63) is 0 Å². The molecule has 1 saturated carbocycles. The number of hydrogen-bond donors (Lipinski definition) is 3. The molecule has 0 aromatic carbocycles. The third kappa shape index (κ3) is 10.3. The summed E-state index contributed by atoms with van der Waals surface area (Å²) in [4.78, 5) is 19.3. The summed E-state index contributed by atoms with van der Waals surface area (Å²) in [6.07, 6.45) is 5.67. The molecule has 8 heteroatoms. The first-order valence-electron chi connectivity index (χ1n) is 11.2. The zero-order valence-electron chi connectivity index (χ0n) is 18.5. The van der Waals surface area contributed by atoms with Crippen LogP contribution >= 0.6 is 24.0 Å². The van der Waals surface area contributed by atoms with E-state index in [4.69, 9.17) is 9.73 Å². The molecule has 0 aromatic rings. The highest BCUT2D eigenvalue weighted by atomic mass is 127. The number of morpholine rings is 1. The zero-order valence-corrected chi connectivity index (χ0v) is 20.9. The van der Waals surface area contributed by atoms with Crippen LogP contribution in [0.1, 0.15) is 52.9 Å². The van der Waals surface area contributed by atoms with Crippen LogP contribution in [0.5, 0.6) is 0 Å². The Balaban J connectivity index is 0.00000420. The summed E-state index contributed by atoms with van der Waals surface area (Å²) in [6, 6.07) is 0.422. The van der Waals surface area contributed by atoms with E-state index in [-0.39, 0.29) is 29.9 Å². The largest absolute Gasteiger partial charge is 0.379 e. The maximum atomic E-state index is 12.0. The molecule has 1 aliphatic carbocycles. The van der Waals surface area contributed by atoms with E-state index in [1.807, 2.05) is 0 Å². The molecule has 2 fully saturated rings. The third-order valence-corrected chi connectivity index (χ3v) is 5.75. The van der Waals surface area contributed by atoms with Crippen molar-refractivity contribution >= 4 is 35.8 Å². The highest BCUT2D eigenvalue weighted by Gasteiger charge is 2.23. The van der Waals surface area contributed by atoms with Gasteiger partial charge in [0.1, 0.15) is 0 Å². The number of amides is 1. The van der Waals surface area contributed by atoms with E-state index in [1.54, 1.807) is 0 Å². The topological polar surface area (TPSA) is 78.0 Å². The number of carbonyl (C=O) groups is 1. The van der Waals surface area contributed by atoms with Gasteiger partial charge >= 0.3 is 0 Å². The van der Waals surface area contributed by atoms with E-state index >= 15 is 0 Å². The fourth-order valence-electron chi connectivity index (χ4n) is 4.12. The predicted molar refractivity (Wildman–Crippen MR) is 130 cm³/mol. The van der Waals surface area contributed by atoms with Gasteiger partial charge < -0.3 is 20.7 Å². The van der Waals surface area contributed by atoms with Gasteiger partial charge in [-0.15, -0.1) is 24.0 Å². The summed E-state index contributed by atoms with van der Waals surface area (Å²) >= 11 is 0. The Kier molecular flexibility index (Phi) is 13.9. The molecule has 0 aromatic heterocycles. The predicted octanol–water partition coefficient (Wildman–Crippen LogP) is 2.21. The molecule has 3 N–H and O–H groups in total. The minimum atomic E-state index is 0. The molecule has 1 aliphatic heterocycles. The Morgan fingerprint density at radius 1 is 1.10 bits per heavy atom. The number of ether oxygens (including phenoxy) is 1. The lowest BCUT2D eigenvalue weighted by Crippen LogP contribution is -2.48. The molecule has 1 unspecified atom stereocenters. The van der Waals surface area contributed by atoms with Crippen molar-refractivity contribution < 1.29 is 9.53 Å². The Hall–Kier alpha value is -0.610. The first-order chi connectivity index (χ1) is 13.6. The highest BCUT2D eigenvalue weighted by Crippen LogP contribution is 2.27. The van der Waals surface area contributed by atoms with Gasteiger partial charge in [0.25, 0.3) is 0 Å². The van der Waals surface area contributed by atoms with Gasteiger partial charge in [-0.3, -0.25) is 14.7 Å². The van der Waals surface area contributed by atoms with Gasteiger partial charge in [-0.2, -0.15) is 0 Å². The standard InChI is InChI=1S/C21H41N5O2.HI/c1-4-22-21(24-10-9-23-20(27)15-18-7-5-6-8-18)25-16-19(17(2)3)26-11-13-28-14-12-26;/h17-19H,4-16H2,1-3H3,(H,23,27)(H2,22,24,25);1H. The van der Waals surface area contributed by atoms with Crippen LogP contribution in [0.3, 0.4) is 0 Å². The average molecular weight is 524 g/mol. The number of nitrogens with zero attached hydrogens (tertiary/aromatic N) is 2. The van der Waals surface area contributed by atoms with Crippen LogP contribution < -0.4 is 16.0 Å². The van der Waals surface area contributed by atoms with Gasteiger partial charge in [-0.25, -0.2) is 0 Å². The zero-order chi connectivity index (χ0) is 20.2. The van der Waals surface area contributed by atoms with E-state index in [1.165, 1.54) is 25.7 Å². The number of guanidine groups is 1. The first-order valence-corrected chi connectivity index (χ1v) is 11.2. The molecule has 0 spiro atoms. The lowest BCUT2D eigenvalue weighted by atomic mass is 10.0. The quantitative estimate of drug-likeness (QED) is 0.177. The Morgan fingerprint density at radius 3 is 2.38 bits per heavy atom. The molecule has 170 valence electrons. The van der Waals surface area contributed by atoms with Crippen molar-refractivity contribution in [2.45, 2.75) is 58.9 Å². The molecule has 7 nitrogen and oxygen atoms in total. The number of aliphatic imine (C=N–C) groups is 1. The van der Waals surface area contributed by atoms with Crippen LogP contribution in [-0.2, 0) is 9.53 Å². The van der Waals surface area contributed by atoms with Crippen molar-refractivity contribution in [2.75, 3.05) is 52.5 Å². The van der Waals surface area contributed by atoms with Crippen molar-refractivity contribution in [3.63, 3.8) is 0 Å². The summed E-state index contributed by atoms with van der Waals surface area (Å²) in [6.45, 7) is 13.1. The minimum absolute atomic E-state index is 0. The van der Waals surface area contributed by atoms with Crippen molar-refractivity contribution in [1.82, 2.24) is 20.9 Å². The second-order valence-corrected chi connectivity index (χ2v) is 8.31. The van der Waals surface area contributed by atoms with Crippen LogP contribution in [0.15, 0.2) is 4.99 Å². The third-order valence-electron chi connectivity index (χ3n) is 5.75. The summed E-state index contributed by atoms with van der Waals surface area (Å²) < 4.78 is 5.48. The first kappa shape index (κ1) is 26.4. The van der Waals surface area contributed by atoms with E-state index in [9.17, 15) is 4.79 Å². The monoisotopic (exact) mass is 523 g/mol. The molecule has 1 amide bonds. The lowest BCUT2D eigenvalue weighted by Gasteiger charge is -2.36. The number of nitrogens with one attached hydrogen (secondary N) is 3. The van der Waals surface area contributed by atoms with Crippen LogP contribution in [0, 0.1) is 11.8 Å². The Bertz CT molecular complexity index is 478. The molecule has 29 heavy (non-hydrogen) atoms. The normalized spacial score (nSPS) is 19.7. The maximum absolute atomic E-state index is 12.0. The lowest BCUT2D eigenvalue weighted by molar-refractivity contribution is -0.121. The molecule has 1 heterocycles. The van der Waals surface area contributed by atoms with Crippen LogP contribution in [0.4, 0.5) is 0 Å². The molecular formula is C21H42IN5O2. The van der Waals surface area contributed by atoms with E-state index in [0.717, 1.165) is 45.4 Å². The average Bonchev–Trinajstić information content (AvgIpc) is 3.18. The number of hydrogen-bond acceptors (Lipinski definition) is 4. The smallest absolute Gasteiger partial charge is 0.220 e.